The third-order valence-corrected chi connectivity index (χ3v) is 4.89. The Labute approximate surface area is 175 Å². The lowest BCUT2D eigenvalue weighted by molar-refractivity contribution is 0.120. The minimum absolute atomic E-state index is 0. The Hall–Kier alpha value is -0.860. The zero-order valence-corrected chi connectivity index (χ0v) is 18.6. The second kappa shape index (κ2) is 12.5. The molecule has 1 atom stereocenters. The molecule has 1 aliphatic rings. The average molecular weight is 474 g/mol. The number of nitrogens with zero attached hydrogens (tertiary/aromatic N) is 2. The van der Waals surface area contributed by atoms with E-state index in [4.69, 9.17) is 4.99 Å². The van der Waals surface area contributed by atoms with Crippen LogP contribution in [0.25, 0.3) is 0 Å². The van der Waals surface area contributed by atoms with Gasteiger partial charge in [0.2, 0.25) is 0 Å². The smallest absolute Gasteiger partial charge is 0.191 e. The van der Waals surface area contributed by atoms with Crippen LogP contribution in [0.2, 0.25) is 0 Å². The first-order valence-electron chi connectivity index (χ1n) is 9.51. The summed E-state index contributed by atoms with van der Waals surface area (Å²) in [5.74, 6) is 0.892. The van der Waals surface area contributed by atoms with Gasteiger partial charge in [0.05, 0.1) is 12.6 Å². The Balaban J connectivity index is 0.00000338. The normalized spacial score (nSPS) is 21.8. The molecule has 0 bridgehead atoms. The second-order valence-corrected chi connectivity index (χ2v) is 7.18. The summed E-state index contributed by atoms with van der Waals surface area (Å²) < 4.78 is 0. The summed E-state index contributed by atoms with van der Waals surface area (Å²) in [6.45, 7) is 3.70. The van der Waals surface area contributed by atoms with Crippen molar-refractivity contribution in [3.8, 4) is 0 Å². The van der Waals surface area contributed by atoms with E-state index in [1.54, 1.807) is 0 Å². The number of likely N-dealkylation sites (N-methyl/N-ethyl adjacent to an activating group) is 1. The summed E-state index contributed by atoms with van der Waals surface area (Å²) >= 11 is 0. The summed E-state index contributed by atoms with van der Waals surface area (Å²) in [4.78, 5) is 7.08. The maximum Gasteiger partial charge on any atom is 0.191 e. The lowest BCUT2D eigenvalue weighted by atomic mass is 9.93. The van der Waals surface area contributed by atoms with Crippen molar-refractivity contribution in [2.24, 2.45) is 4.99 Å². The predicted octanol–water partition coefficient (Wildman–Crippen LogP) is 2.64. The Bertz CT molecular complexity index is 516. The Morgan fingerprint density at radius 1 is 1.19 bits per heavy atom. The van der Waals surface area contributed by atoms with Crippen molar-refractivity contribution in [1.82, 2.24) is 15.5 Å². The van der Waals surface area contributed by atoms with Gasteiger partial charge in [-0.15, -0.1) is 24.0 Å². The fraction of sp³-hybridized carbons (Fsp3) is 0.650. The van der Waals surface area contributed by atoms with E-state index in [-0.39, 0.29) is 30.1 Å². The van der Waals surface area contributed by atoms with E-state index in [1.807, 2.05) is 0 Å². The van der Waals surface area contributed by atoms with Gasteiger partial charge in [0.25, 0.3) is 0 Å². The minimum atomic E-state index is -0.124. The number of hydrogen-bond donors (Lipinski definition) is 3. The molecule has 0 heterocycles. The van der Waals surface area contributed by atoms with E-state index in [2.05, 4.69) is 66.9 Å². The zero-order valence-electron chi connectivity index (χ0n) is 16.3. The monoisotopic (exact) mass is 474 g/mol. The number of halogens is 1. The number of aliphatic imine (C=N–C) groups is 1. The molecule has 1 saturated carbocycles. The predicted molar refractivity (Wildman–Crippen MR) is 120 cm³/mol. The summed E-state index contributed by atoms with van der Waals surface area (Å²) in [7, 11) is 4.23. The number of guanidine groups is 1. The largest absolute Gasteiger partial charge is 0.393 e. The molecule has 0 radical (unpaired) electrons. The van der Waals surface area contributed by atoms with E-state index in [0.717, 1.165) is 51.2 Å². The summed E-state index contributed by atoms with van der Waals surface area (Å²) in [5, 5.41) is 16.6. The van der Waals surface area contributed by atoms with E-state index >= 15 is 0 Å². The first-order valence-corrected chi connectivity index (χ1v) is 9.51. The number of aliphatic hydroxyl groups is 1. The maximum absolute atomic E-state index is 9.66. The molecule has 3 N–H and O–H groups in total. The van der Waals surface area contributed by atoms with Gasteiger partial charge in [0.1, 0.15) is 0 Å². The highest BCUT2D eigenvalue weighted by molar-refractivity contribution is 14.0. The van der Waals surface area contributed by atoms with Crippen LogP contribution in [-0.2, 0) is 6.42 Å². The van der Waals surface area contributed by atoms with Gasteiger partial charge in [-0.2, -0.15) is 0 Å². The van der Waals surface area contributed by atoms with Crippen molar-refractivity contribution in [3.05, 3.63) is 35.9 Å². The lowest BCUT2D eigenvalue weighted by Crippen LogP contribution is -2.46. The van der Waals surface area contributed by atoms with Crippen LogP contribution in [0.1, 0.15) is 38.2 Å². The summed E-state index contributed by atoms with van der Waals surface area (Å²) in [6.07, 6.45) is 4.64. The van der Waals surface area contributed by atoms with Crippen LogP contribution < -0.4 is 10.6 Å². The van der Waals surface area contributed by atoms with E-state index < -0.39 is 0 Å². The topological polar surface area (TPSA) is 59.9 Å². The molecule has 0 spiro atoms. The molecule has 5 nitrogen and oxygen atoms in total. The molecule has 1 aromatic carbocycles. The molecule has 1 aliphatic carbocycles. The molecule has 0 aliphatic heterocycles. The average Bonchev–Trinajstić information content (AvgIpc) is 2.61. The SMILES string of the molecule is CCNC(=NCC(Cc1ccccc1)N(C)C)NC1CCC(O)CC1.I. The molecule has 0 aromatic heterocycles. The minimum Gasteiger partial charge on any atom is -0.393 e. The molecule has 26 heavy (non-hydrogen) atoms. The molecule has 1 fully saturated rings. The second-order valence-electron chi connectivity index (χ2n) is 7.18. The molecule has 148 valence electrons. The van der Waals surface area contributed by atoms with Crippen LogP contribution in [-0.4, -0.2) is 61.3 Å². The highest BCUT2D eigenvalue weighted by Crippen LogP contribution is 2.18. The molecular formula is C20H35IN4O. The van der Waals surface area contributed by atoms with Crippen molar-refractivity contribution in [2.75, 3.05) is 27.2 Å². The van der Waals surface area contributed by atoms with Crippen molar-refractivity contribution in [2.45, 2.75) is 57.2 Å². The lowest BCUT2D eigenvalue weighted by Gasteiger charge is -2.28. The Morgan fingerprint density at radius 2 is 1.85 bits per heavy atom. The van der Waals surface area contributed by atoms with Crippen LogP contribution in [0.3, 0.4) is 0 Å². The van der Waals surface area contributed by atoms with Crippen LogP contribution in [0.15, 0.2) is 35.3 Å². The fourth-order valence-corrected chi connectivity index (χ4v) is 3.23. The Morgan fingerprint density at radius 3 is 2.42 bits per heavy atom. The standard InChI is InChI=1S/C20H34N4O.HI/c1-4-21-20(23-17-10-12-19(25)13-11-17)22-15-18(24(2)3)14-16-8-6-5-7-9-16;/h5-9,17-19,25H,4,10-15H2,1-3H3,(H2,21,22,23);1H. The van der Waals surface area contributed by atoms with Crippen molar-refractivity contribution in [3.63, 3.8) is 0 Å². The molecule has 6 heteroatoms. The zero-order chi connectivity index (χ0) is 18.1. The van der Waals surface area contributed by atoms with Gasteiger partial charge in [-0.1, -0.05) is 30.3 Å². The number of hydrogen-bond acceptors (Lipinski definition) is 3. The van der Waals surface area contributed by atoms with E-state index in [9.17, 15) is 5.11 Å². The summed E-state index contributed by atoms with van der Waals surface area (Å²) in [6, 6.07) is 11.4. The van der Waals surface area contributed by atoms with E-state index in [1.165, 1.54) is 5.56 Å². The van der Waals surface area contributed by atoms with Crippen LogP contribution >= 0.6 is 24.0 Å². The van der Waals surface area contributed by atoms with Crippen LogP contribution in [0, 0.1) is 0 Å². The third kappa shape index (κ3) is 8.22. The van der Waals surface area contributed by atoms with Gasteiger partial charge in [0, 0.05) is 18.6 Å². The molecule has 1 aromatic rings. The maximum atomic E-state index is 9.66. The fourth-order valence-electron chi connectivity index (χ4n) is 3.23. The van der Waals surface area contributed by atoms with Gasteiger partial charge in [-0.3, -0.25) is 4.99 Å². The quantitative estimate of drug-likeness (QED) is 0.323. The third-order valence-electron chi connectivity index (χ3n) is 4.89. The number of aliphatic hydroxyl groups excluding tert-OH is 1. The molecule has 2 rings (SSSR count). The van der Waals surface area contributed by atoms with Gasteiger partial charge in [-0.05, 0) is 58.7 Å². The first-order chi connectivity index (χ1) is 12.1. The highest BCUT2D eigenvalue weighted by Gasteiger charge is 2.20. The van der Waals surface area contributed by atoms with Gasteiger partial charge in [0.15, 0.2) is 5.96 Å². The highest BCUT2D eigenvalue weighted by atomic mass is 127. The number of rotatable bonds is 7. The van der Waals surface area contributed by atoms with Crippen molar-refractivity contribution in [1.29, 1.82) is 0 Å². The van der Waals surface area contributed by atoms with Crippen molar-refractivity contribution >= 4 is 29.9 Å². The first kappa shape index (κ1) is 23.2. The van der Waals surface area contributed by atoms with Crippen LogP contribution in [0.4, 0.5) is 0 Å². The number of benzene rings is 1. The van der Waals surface area contributed by atoms with Crippen molar-refractivity contribution < 1.29 is 5.11 Å². The molecule has 1 unspecified atom stereocenters. The van der Waals surface area contributed by atoms with Gasteiger partial charge in [-0.25, -0.2) is 0 Å². The molecule has 0 amide bonds. The summed E-state index contributed by atoms with van der Waals surface area (Å²) in [5.41, 5.74) is 1.34. The Kier molecular flexibility index (Phi) is 11.2. The molecular weight excluding hydrogens is 439 g/mol. The molecule has 0 saturated heterocycles. The van der Waals surface area contributed by atoms with Crippen LogP contribution in [0.5, 0.6) is 0 Å². The van der Waals surface area contributed by atoms with Gasteiger partial charge >= 0.3 is 0 Å². The van der Waals surface area contributed by atoms with E-state index in [0.29, 0.717) is 12.1 Å². The number of nitrogens with one attached hydrogen (secondary N) is 2. The van der Waals surface area contributed by atoms with Gasteiger partial charge < -0.3 is 20.6 Å².